The largest absolute Gasteiger partial charge is 0.400 e. The summed E-state index contributed by atoms with van der Waals surface area (Å²) in [6.45, 7) is 7.19. The Balaban J connectivity index is 0. The van der Waals surface area contributed by atoms with Gasteiger partial charge >= 0.3 is 6.18 Å². The van der Waals surface area contributed by atoms with Crippen molar-refractivity contribution >= 4 is 28.4 Å². The standard InChI is InChI=1S/C20H18N4OS.C4H10.C2H3F3.CH4O.2H2/c1-13-4-6-14(7-5-13)8-10-22-20(25)15-9-11-21-19-17(15)23-18(24-19)16-3-2-12-26-16;1-3-4-2;1-2(3,4)5;1-2;;/h2-7,9,11-12H,8,10H2,1H3,(H,22,25)(H,21,23,24);3-4H2,1-2H3;1H3;2H,1H3;2*1H. The lowest BCUT2D eigenvalue weighted by Crippen LogP contribution is -2.26. The highest BCUT2D eigenvalue weighted by Crippen LogP contribution is 2.25. The number of alkyl halides is 3. The highest BCUT2D eigenvalue weighted by Gasteiger charge is 2.16. The van der Waals surface area contributed by atoms with E-state index < -0.39 is 6.18 Å². The number of carbonyl (C=O) groups is 1. The molecule has 0 saturated carbocycles. The van der Waals surface area contributed by atoms with E-state index in [0.717, 1.165) is 24.2 Å². The van der Waals surface area contributed by atoms with Gasteiger partial charge in [-0.3, -0.25) is 4.79 Å². The second-order valence-corrected chi connectivity index (χ2v) is 8.84. The second-order valence-electron chi connectivity index (χ2n) is 7.89. The van der Waals surface area contributed by atoms with Gasteiger partial charge in [0.1, 0.15) is 0 Å². The quantitative estimate of drug-likeness (QED) is 0.237. The van der Waals surface area contributed by atoms with E-state index in [1.807, 2.05) is 17.5 Å². The number of nitrogens with zero attached hydrogens (tertiary/aromatic N) is 2. The zero-order chi connectivity index (χ0) is 27.8. The smallest absolute Gasteiger partial charge is 0.386 e. The van der Waals surface area contributed by atoms with Crippen molar-refractivity contribution in [1.82, 2.24) is 20.3 Å². The molecule has 3 heterocycles. The Kier molecular flexibility index (Phi) is 14.2. The molecule has 0 aliphatic heterocycles. The molecule has 0 aliphatic rings. The van der Waals surface area contributed by atoms with Gasteiger partial charge in [-0.05, 0) is 36.4 Å². The molecule has 4 aromatic rings. The van der Waals surface area contributed by atoms with Crippen LogP contribution in [0.25, 0.3) is 21.9 Å². The molecule has 0 fully saturated rings. The van der Waals surface area contributed by atoms with Gasteiger partial charge in [0.2, 0.25) is 0 Å². The van der Waals surface area contributed by atoms with Crippen LogP contribution in [0.2, 0.25) is 0 Å². The number of aliphatic hydroxyl groups excluding tert-OH is 1. The molecule has 1 aromatic carbocycles. The first-order valence-electron chi connectivity index (χ1n) is 11.9. The van der Waals surface area contributed by atoms with Crippen molar-refractivity contribution in [3.63, 3.8) is 0 Å². The van der Waals surface area contributed by atoms with Crippen LogP contribution in [-0.2, 0) is 6.42 Å². The average molecular weight is 541 g/mol. The summed E-state index contributed by atoms with van der Waals surface area (Å²) in [5.74, 6) is 0.619. The topological polar surface area (TPSA) is 90.9 Å². The number of nitrogens with one attached hydrogen (secondary N) is 2. The molecule has 3 aromatic heterocycles. The maximum atomic E-state index is 12.6. The van der Waals surface area contributed by atoms with Crippen LogP contribution >= 0.6 is 11.3 Å². The molecule has 6 nitrogen and oxygen atoms in total. The second kappa shape index (κ2) is 16.5. The molecule has 4 rings (SSSR count). The molecule has 0 bridgehead atoms. The average Bonchev–Trinajstić information content (AvgIpc) is 3.55. The van der Waals surface area contributed by atoms with Crippen molar-refractivity contribution in [2.24, 2.45) is 0 Å². The molecule has 0 aliphatic carbocycles. The van der Waals surface area contributed by atoms with Crippen molar-refractivity contribution in [3.05, 3.63) is 70.7 Å². The lowest BCUT2D eigenvalue weighted by atomic mass is 10.1. The van der Waals surface area contributed by atoms with Crippen LogP contribution in [0.5, 0.6) is 0 Å². The van der Waals surface area contributed by atoms with E-state index in [1.165, 1.54) is 24.0 Å². The maximum Gasteiger partial charge on any atom is 0.386 e. The van der Waals surface area contributed by atoms with Crippen LogP contribution in [-0.4, -0.2) is 45.8 Å². The van der Waals surface area contributed by atoms with E-state index in [2.05, 4.69) is 65.3 Å². The number of carbonyl (C=O) groups excluding carboxylic acids is 1. The number of unbranched alkanes of at least 4 members (excludes halogenated alkanes) is 1. The van der Waals surface area contributed by atoms with Crippen LogP contribution in [0.1, 0.15) is 58.0 Å². The fourth-order valence-electron chi connectivity index (χ4n) is 2.80. The zero-order valence-corrected chi connectivity index (χ0v) is 22.6. The van der Waals surface area contributed by atoms with Crippen LogP contribution in [0.3, 0.4) is 0 Å². The van der Waals surface area contributed by atoms with Crippen molar-refractivity contribution < 1.29 is 25.9 Å². The number of aromatic amines is 1. The Morgan fingerprint density at radius 1 is 1.11 bits per heavy atom. The number of halogens is 3. The fourth-order valence-corrected chi connectivity index (χ4v) is 3.47. The first-order chi connectivity index (χ1) is 17.6. The number of hydrogen-bond acceptors (Lipinski definition) is 5. The molecule has 37 heavy (non-hydrogen) atoms. The Morgan fingerprint density at radius 3 is 2.27 bits per heavy atom. The summed E-state index contributed by atoms with van der Waals surface area (Å²) in [6.07, 6.45) is 1.06. The summed E-state index contributed by atoms with van der Waals surface area (Å²) in [4.78, 5) is 25.6. The number of pyridine rings is 1. The molecular formula is C27H39F3N4O2S. The van der Waals surface area contributed by atoms with Crippen LogP contribution in [0.4, 0.5) is 13.2 Å². The normalized spacial score (nSPS) is 10.3. The van der Waals surface area contributed by atoms with E-state index >= 15 is 0 Å². The number of fused-ring (bicyclic) bond motifs is 1. The number of H-pyrrole nitrogens is 1. The zero-order valence-electron chi connectivity index (χ0n) is 21.8. The van der Waals surface area contributed by atoms with Crippen molar-refractivity contribution in [2.75, 3.05) is 13.7 Å². The van der Waals surface area contributed by atoms with E-state index in [1.54, 1.807) is 23.6 Å². The van der Waals surface area contributed by atoms with Gasteiger partial charge < -0.3 is 15.4 Å². The van der Waals surface area contributed by atoms with Gasteiger partial charge in [0.05, 0.1) is 16.0 Å². The Bertz CT molecular complexity index is 1180. The lowest BCUT2D eigenvalue weighted by Gasteiger charge is -2.06. The van der Waals surface area contributed by atoms with Crippen molar-refractivity contribution in [3.8, 4) is 10.7 Å². The van der Waals surface area contributed by atoms with E-state index in [4.69, 9.17) is 5.11 Å². The number of aryl methyl sites for hydroxylation is 1. The highest BCUT2D eigenvalue weighted by atomic mass is 32.1. The predicted octanol–water partition coefficient (Wildman–Crippen LogP) is 7.44. The molecular weight excluding hydrogens is 501 g/mol. The van der Waals surface area contributed by atoms with Gasteiger partial charge in [0.25, 0.3) is 5.91 Å². The summed E-state index contributed by atoms with van der Waals surface area (Å²) < 4.78 is 31.1. The van der Waals surface area contributed by atoms with Gasteiger partial charge in [-0.25, -0.2) is 9.97 Å². The third kappa shape index (κ3) is 12.0. The molecule has 3 N–H and O–H groups in total. The molecule has 0 saturated heterocycles. The predicted molar refractivity (Wildman–Crippen MR) is 149 cm³/mol. The monoisotopic (exact) mass is 540 g/mol. The number of imidazole rings is 1. The van der Waals surface area contributed by atoms with E-state index in [9.17, 15) is 18.0 Å². The Morgan fingerprint density at radius 2 is 1.73 bits per heavy atom. The number of amides is 1. The summed E-state index contributed by atoms with van der Waals surface area (Å²) in [6, 6.07) is 14.0. The number of aliphatic hydroxyl groups is 1. The minimum Gasteiger partial charge on any atom is -0.400 e. The number of hydrogen-bond donors (Lipinski definition) is 3. The first kappa shape index (κ1) is 31.8. The molecule has 10 heteroatoms. The fraction of sp³-hybridized carbons (Fsp3) is 0.370. The first-order valence-corrected chi connectivity index (χ1v) is 12.7. The van der Waals surface area contributed by atoms with Crippen LogP contribution < -0.4 is 5.32 Å². The number of rotatable bonds is 6. The highest BCUT2D eigenvalue weighted by molar-refractivity contribution is 7.13. The summed E-state index contributed by atoms with van der Waals surface area (Å²) in [5.41, 5.74) is 4.23. The molecule has 1 amide bonds. The van der Waals surface area contributed by atoms with Gasteiger partial charge in [0.15, 0.2) is 11.5 Å². The van der Waals surface area contributed by atoms with Gasteiger partial charge in [0, 0.05) is 29.6 Å². The van der Waals surface area contributed by atoms with Crippen molar-refractivity contribution in [2.45, 2.75) is 53.1 Å². The Labute approximate surface area is 223 Å². The maximum absolute atomic E-state index is 12.6. The third-order valence-corrected chi connectivity index (χ3v) is 5.59. The number of aromatic nitrogens is 3. The van der Waals surface area contributed by atoms with E-state index in [-0.39, 0.29) is 15.7 Å². The lowest BCUT2D eigenvalue weighted by molar-refractivity contribution is -0.110. The Hall–Kier alpha value is -3.24. The van der Waals surface area contributed by atoms with E-state index in [0.29, 0.717) is 23.3 Å². The van der Waals surface area contributed by atoms with Crippen LogP contribution in [0, 0.1) is 6.92 Å². The number of benzene rings is 1. The molecule has 206 valence electrons. The van der Waals surface area contributed by atoms with Gasteiger partial charge in [-0.2, -0.15) is 13.2 Å². The number of thiophene rings is 1. The molecule has 0 spiro atoms. The van der Waals surface area contributed by atoms with Gasteiger partial charge in [-0.1, -0.05) is 62.6 Å². The molecule has 0 radical (unpaired) electrons. The minimum absolute atomic E-state index is 0. The summed E-state index contributed by atoms with van der Waals surface area (Å²) in [7, 11) is 1.00. The SMILES string of the molecule is CC(F)(F)F.CCCC.CO.Cc1ccc(CCNC(=O)c2ccnc3nc(-c4cccs4)[nH]c23)cc1.[HH].[HH]. The molecule has 0 atom stereocenters. The third-order valence-electron chi connectivity index (χ3n) is 4.71. The summed E-state index contributed by atoms with van der Waals surface area (Å²) >= 11 is 1.60. The van der Waals surface area contributed by atoms with Gasteiger partial charge in [-0.15, -0.1) is 11.3 Å². The van der Waals surface area contributed by atoms with Crippen LogP contribution in [0.15, 0.2) is 54.0 Å². The summed E-state index contributed by atoms with van der Waals surface area (Å²) in [5, 5.41) is 12.0. The van der Waals surface area contributed by atoms with Crippen molar-refractivity contribution in [1.29, 1.82) is 0 Å². The molecule has 0 unspecified atom stereocenters. The minimum atomic E-state index is -4.00.